The fourth-order valence-electron chi connectivity index (χ4n) is 2.32. The van der Waals surface area contributed by atoms with Crippen LogP contribution in [0.1, 0.15) is 46.5 Å². The Balaban J connectivity index is 3.03. The summed E-state index contributed by atoms with van der Waals surface area (Å²) in [5, 5.41) is 2.24. The molecule has 1 aromatic rings. The van der Waals surface area contributed by atoms with Crippen molar-refractivity contribution in [3.05, 3.63) is 23.5 Å². The van der Waals surface area contributed by atoms with Gasteiger partial charge in [-0.1, -0.05) is 33.1 Å². The Morgan fingerprint density at radius 3 is 2.25 bits per heavy atom. The fourth-order valence-corrected chi connectivity index (χ4v) is 2.32. The molecule has 0 saturated carbocycles. The molecule has 2 atom stereocenters. The molecule has 136 valence electrons. The van der Waals surface area contributed by atoms with Gasteiger partial charge in [-0.25, -0.2) is 4.79 Å². The number of hydrogen-bond acceptors (Lipinski definition) is 4. The molecule has 0 aliphatic heterocycles. The van der Waals surface area contributed by atoms with E-state index in [-0.39, 0.29) is 18.9 Å². The van der Waals surface area contributed by atoms with Gasteiger partial charge in [-0.15, -0.1) is 0 Å². The highest BCUT2D eigenvalue weighted by Crippen LogP contribution is 2.25. The van der Waals surface area contributed by atoms with Gasteiger partial charge in [0.2, 0.25) is 11.6 Å². The Hall–Kier alpha value is -1.86. The van der Waals surface area contributed by atoms with Gasteiger partial charge in [-0.3, -0.25) is 0 Å². The largest absolute Gasteiger partial charge is 0.464 e. The molecule has 0 aliphatic carbocycles. The molecular weight excluding hydrogens is 328 g/mol. The fraction of sp³-hybridized carbons (Fsp3) is 0.625. The lowest BCUT2D eigenvalue weighted by Crippen LogP contribution is -2.34. The zero-order valence-corrected chi connectivity index (χ0v) is 14.0. The SMILES string of the molecule is CCCCC(C)CC(Nc1c(F)c(F)nc(F)c1F)C(=O)OCC. The van der Waals surface area contributed by atoms with Gasteiger partial charge in [0.05, 0.1) is 6.61 Å². The van der Waals surface area contributed by atoms with Crippen LogP contribution < -0.4 is 5.32 Å². The number of anilines is 1. The van der Waals surface area contributed by atoms with E-state index < -0.39 is 41.2 Å². The molecule has 0 amide bonds. The third-order valence-electron chi connectivity index (χ3n) is 3.58. The molecule has 1 rings (SSSR count). The van der Waals surface area contributed by atoms with Crippen molar-refractivity contribution in [1.82, 2.24) is 4.98 Å². The molecule has 1 N–H and O–H groups in total. The maximum Gasteiger partial charge on any atom is 0.328 e. The lowest BCUT2D eigenvalue weighted by atomic mass is 9.96. The number of esters is 1. The number of nitrogens with zero attached hydrogens (tertiary/aromatic N) is 1. The van der Waals surface area contributed by atoms with E-state index in [0.717, 1.165) is 19.3 Å². The van der Waals surface area contributed by atoms with Crippen molar-refractivity contribution in [2.24, 2.45) is 5.92 Å². The van der Waals surface area contributed by atoms with Crippen LogP contribution in [-0.2, 0) is 9.53 Å². The molecular formula is C16H22F4N2O2. The first kappa shape index (κ1) is 20.2. The highest BCUT2D eigenvalue weighted by atomic mass is 19.2. The highest BCUT2D eigenvalue weighted by molar-refractivity contribution is 5.79. The topological polar surface area (TPSA) is 51.2 Å². The minimum absolute atomic E-state index is 0.0505. The maximum atomic E-state index is 13.7. The molecule has 0 fully saturated rings. The average Bonchev–Trinajstić information content (AvgIpc) is 2.54. The number of carbonyl (C=O) groups excluding carboxylic acids is 1. The molecule has 0 bridgehead atoms. The normalized spacial score (nSPS) is 13.5. The van der Waals surface area contributed by atoms with Crippen LogP contribution in [0.4, 0.5) is 23.2 Å². The number of nitrogens with one attached hydrogen (secondary N) is 1. The number of ether oxygens (including phenoxy) is 1. The molecule has 1 heterocycles. The monoisotopic (exact) mass is 350 g/mol. The summed E-state index contributed by atoms with van der Waals surface area (Å²) in [6.45, 7) is 5.55. The highest BCUT2D eigenvalue weighted by Gasteiger charge is 2.28. The number of pyridine rings is 1. The Kier molecular flexibility index (Phi) is 7.94. The maximum absolute atomic E-state index is 13.7. The molecule has 4 nitrogen and oxygen atoms in total. The summed E-state index contributed by atoms with van der Waals surface area (Å²) in [6.07, 6.45) is 2.91. The van der Waals surface area contributed by atoms with Crippen LogP contribution in [0, 0.1) is 29.4 Å². The van der Waals surface area contributed by atoms with E-state index in [1.54, 1.807) is 6.92 Å². The second kappa shape index (κ2) is 9.44. The molecule has 8 heteroatoms. The Bertz CT molecular complexity index is 543. The van der Waals surface area contributed by atoms with Crippen molar-refractivity contribution in [3.8, 4) is 0 Å². The molecule has 0 radical (unpaired) electrons. The lowest BCUT2D eigenvalue weighted by molar-refractivity contribution is -0.144. The molecule has 0 aromatic carbocycles. The first-order valence-electron chi connectivity index (χ1n) is 7.94. The predicted molar refractivity (Wildman–Crippen MR) is 81.4 cm³/mol. The van der Waals surface area contributed by atoms with Gasteiger partial charge in [-0.2, -0.15) is 22.5 Å². The van der Waals surface area contributed by atoms with E-state index in [2.05, 4.69) is 10.3 Å². The van der Waals surface area contributed by atoms with Crippen molar-refractivity contribution in [2.75, 3.05) is 11.9 Å². The van der Waals surface area contributed by atoms with Crippen molar-refractivity contribution in [2.45, 2.75) is 52.5 Å². The van der Waals surface area contributed by atoms with Crippen LogP contribution in [0.5, 0.6) is 0 Å². The van der Waals surface area contributed by atoms with Crippen LogP contribution in [0.25, 0.3) is 0 Å². The average molecular weight is 350 g/mol. The molecule has 0 aliphatic rings. The predicted octanol–water partition coefficient (Wildman–Crippen LogP) is 4.20. The Labute approximate surface area is 138 Å². The molecule has 1 aromatic heterocycles. The second-order valence-electron chi connectivity index (χ2n) is 5.63. The minimum atomic E-state index is -1.78. The van der Waals surface area contributed by atoms with Gasteiger partial charge >= 0.3 is 5.97 Å². The number of halogens is 4. The van der Waals surface area contributed by atoms with Crippen LogP contribution in [-0.4, -0.2) is 23.6 Å². The molecule has 2 unspecified atom stereocenters. The summed E-state index contributed by atoms with van der Waals surface area (Å²) >= 11 is 0. The third-order valence-corrected chi connectivity index (χ3v) is 3.58. The zero-order chi connectivity index (χ0) is 18.3. The van der Waals surface area contributed by atoms with Gasteiger partial charge in [0.1, 0.15) is 11.7 Å². The lowest BCUT2D eigenvalue weighted by Gasteiger charge is -2.22. The molecule has 0 saturated heterocycles. The quantitative estimate of drug-likeness (QED) is 0.412. The second-order valence-corrected chi connectivity index (χ2v) is 5.63. The van der Waals surface area contributed by atoms with Crippen molar-refractivity contribution < 1.29 is 27.1 Å². The van der Waals surface area contributed by atoms with Crippen molar-refractivity contribution in [3.63, 3.8) is 0 Å². The van der Waals surface area contributed by atoms with Gasteiger partial charge < -0.3 is 10.1 Å². The summed E-state index contributed by atoms with van der Waals surface area (Å²) in [5.41, 5.74) is -1.05. The standard InChI is InChI=1S/C16H22F4N2O2/c1-4-6-7-9(3)8-10(16(23)24-5-2)21-13-11(17)14(19)22-15(20)12(13)18/h9-10H,4-8H2,1-3H3,(H,21,22). The van der Waals surface area contributed by atoms with E-state index in [1.165, 1.54) is 0 Å². The zero-order valence-electron chi connectivity index (χ0n) is 14.0. The van der Waals surface area contributed by atoms with Crippen LogP contribution >= 0.6 is 0 Å². The number of unbranched alkanes of at least 4 members (excludes halogenated alkanes) is 1. The van der Waals surface area contributed by atoms with Crippen molar-refractivity contribution in [1.29, 1.82) is 0 Å². The van der Waals surface area contributed by atoms with Crippen LogP contribution in [0.15, 0.2) is 0 Å². The summed E-state index contributed by atoms with van der Waals surface area (Å²) in [5.74, 6) is -7.60. The van der Waals surface area contributed by atoms with E-state index in [9.17, 15) is 22.4 Å². The van der Waals surface area contributed by atoms with E-state index >= 15 is 0 Å². The minimum Gasteiger partial charge on any atom is -0.464 e. The number of hydrogen-bond donors (Lipinski definition) is 1. The van der Waals surface area contributed by atoms with E-state index in [4.69, 9.17) is 4.74 Å². The molecule has 0 spiro atoms. The van der Waals surface area contributed by atoms with E-state index in [0.29, 0.717) is 0 Å². The Morgan fingerprint density at radius 2 is 1.75 bits per heavy atom. The van der Waals surface area contributed by atoms with Gasteiger partial charge in [0.15, 0.2) is 0 Å². The van der Waals surface area contributed by atoms with Crippen LogP contribution in [0.2, 0.25) is 0 Å². The summed E-state index contributed by atoms with van der Waals surface area (Å²) in [6, 6.07) is -1.12. The van der Waals surface area contributed by atoms with Gasteiger partial charge in [0.25, 0.3) is 11.9 Å². The first-order chi connectivity index (χ1) is 11.3. The first-order valence-corrected chi connectivity index (χ1v) is 7.94. The van der Waals surface area contributed by atoms with Crippen LogP contribution in [0.3, 0.4) is 0 Å². The Morgan fingerprint density at radius 1 is 1.17 bits per heavy atom. The smallest absolute Gasteiger partial charge is 0.328 e. The summed E-state index contributed by atoms with van der Waals surface area (Å²) in [7, 11) is 0. The number of carbonyl (C=O) groups is 1. The number of rotatable bonds is 9. The van der Waals surface area contributed by atoms with E-state index in [1.807, 2.05) is 13.8 Å². The van der Waals surface area contributed by atoms with Crippen molar-refractivity contribution >= 4 is 11.7 Å². The van der Waals surface area contributed by atoms with Gasteiger partial charge in [0, 0.05) is 0 Å². The number of aromatic nitrogens is 1. The van der Waals surface area contributed by atoms with Gasteiger partial charge in [-0.05, 0) is 19.3 Å². The molecule has 24 heavy (non-hydrogen) atoms. The summed E-state index contributed by atoms with van der Waals surface area (Å²) < 4.78 is 58.7. The third kappa shape index (κ3) is 5.35. The summed E-state index contributed by atoms with van der Waals surface area (Å²) in [4.78, 5) is 14.5.